The number of benzene rings is 1. The van der Waals surface area contributed by atoms with Crippen LogP contribution in [0.4, 0.5) is 11.5 Å². The summed E-state index contributed by atoms with van der Waals surface area (Å²) in [6.07, 6.45) is 0. The number of nitrogen functional groups attached to an aromatic ring is 1. The minimum Gasteiger partial charge on any atom is -0.432 e. The third-order valence-corrected chi connectivity index (χ3v) is 2.27. The quantitative estimate of drug-likeness (QED) is 0.665. The van der Waals surface area contributed by atoms with Crippen LogP contribution in [-0.2, 0) is 0 Å². The molecule has 1 aromatic carbocycles. The molecule has 7 heteroatoms. The molecule has 0 spiro atoms. The lowest BCUT2D eigenvalue weighted by Gasteiger charge is -2.06. The summed E-state index contributed by atoms with van der Waals surface area (Å²) >= 11 is 0. The number of para-hydroxylation sites is 1. The van der Waals surface area contributed by atoms with Crippen LogP contribution in [0.2, 0.25) is 0 Å². The van der Waals surface area contributed by atoms with Gasteiger partial charge in [0.25, 0.3) is 0 Å². The van der Waals surface area contributed by atoms with Crippen molar-refractivity contribution in [1.29, 1.82) is 5.26 Å². The topological polar surface area (TPSA) is 115 Å². The lowest BCUT2D eigenvalue weighted by molar-refractivity contribution is -0.386. The molecule has 0 aliphatic rings. The van der Waals surface area contributed by atoms with E-state index in [0.717, 1.165) is 0 Å². The molecule has 0 unspecified atom stereocenters. The van der Waals surface area contributed by atoms with Crippen LogP contribution in [0.3, 0.4) is 0 Å². The van der Waals surface area contributed by atoms with Crippen LogP contribution in [-0.4, -0.2) is 9.91 Å². The van der Waals surface area contributed by atoms with Crippen molar-refractivity contribution in [3.63, 3.8) is 0 Å². The maximum Gasteiger partial charge on any atom is 0.331 e. The van der Waals surface area contributed by atoms with E-state index in [2.05, 4.69) is 4.98 Å². The van der Waals surface area contributed by atoms with Gasteiger partial charge in [-0.2, -0.15) is 10.2 Å². The average Bonchev–Trinajstić information content (AvgIpc) is 2.39. The van der Waals surface area contributed by atoms with Crippen molar-refractivity contribution in [2.75, 3.05) is 5.73 Å². The Morgan fingerprint density at radius 2 is 2.05 bits per heavy atom. The first-order valence-corrected chi connectivity index (χ1v) is 5.19. The lowest BCUT2D eigenvalue weighted by Crippen LogP contribution is -1.99. The maximum absolute atomic E-state index is 10.9. The molecule has 19 heavy (non-hydrogen) atoms. The molecule has 0 saturated carbocycles. The summed E-state index contributed by atoms with van der Waals surface area (Å²) in [7, 11) is 0. The van der Waals surface area contributed by atoms with Gasteiger partial charge in [-0.05, 0) is 18.2 Å². The molecule has 0 aliphatic carbocycles. The lowest BCUT2D eigenvalue weighted by atomic mass is 10.2. The van der Waals surface area contributed by atoms with E-state index in [1.165, 1.54) is 24.3 Å². The molecule has 0 radical (unpaired) electrons. The van der Waals surface area contributed by atoms with Crippen LogP contribution in [0.5, 0.6) is 11.6 Å². The molecule has 2 aromatic rings. The van der Waals surface area contributed by atoms with Crippen molar-refractivity contribution in [1.82, 2.24) is 4.98 Å². The van der Waals surface area contributed by atoms with E-state index in [9.17, 15) is 10.1 Å². The standard InChI is InChI=1S/C12H8N4O3/c13-7-8-3-1-2-4-10(8)19-12-9(16(17)18)5-6-11(14)15-12/h1-6H,(H2,14,15). The number of nitrogens with two attached hydrogens (primary N) is 1. The van der Waals surface area contributed by atoms with Crippen molar-refractivity contribution < 1.29 is 9.66 Å². The fraction of sp³-hybridized carbons (Fsp3) is 0. The predicted octanol–water partition coefficient (Wildman–Crippen LogP) is 2.24. The molecule has 0 saturated heterocycles. The summed E-state index contributed by atoms with van der Waals surface area (Å²) in [6.45, 7) is 0. The van der Waals surface area contributed by atoms with E-state index in [1.807, 2.05) is 6.07 Å². The van der Waals surface area contributed by atoms with Gasteiger partial charge in [0.05, 0.1) is 10.5 Å². The second kappa shape index (κ2) is 5.01. The van der Waals surface area contributed by atoms with E-state index in [-0.39, 0.29) is 28.7 Å². The molecule has 0 aliphatic heterocycles. The third-order valence-electron chi connectivity index (χ3n) is 2.27. The molecule has 0 amide bonds. The summed E-state index contributed by atoms with van der Waals surface area (Å²) in [5.74, 6) is 0.0361. The van der Waals surface area contributed by atoms with Gasteiger partial charge in [-0.3, -0.25) is 10.1 Å². The highest BCUT2D eigenvalue weighted by atomic mass is 16.6. The number of ether oxygens (including phenoxy) is 1. The van der Waals surface area contributed by atoms with Gasteiger partial charge in [0, 0.05) is 6.07 Å². The molecule has 0 fully saturated rings. The molecule has 2 N–H and O–H groups in total. The number of pyridine rings is 1. The van der Waals surface area contributed by atoms with Gasteiger partial charge in [0.2, 0.25) is 0 Å². The van der Waals surface area contributed by atoms with E-state index >= 15 is 0 Å². The molecule has 1 aromatic heterocycles. The number of nitrogens with zero attached hydrogens (tertiary/aromatic N) is 3. The highest BCUT2D eigenvalue weighted by Crippen LogP contribution is 2.31. The minimum atomic E-state index is -0.628. The smallest absolute Gasteiger partial charge is 0.331 e. The van der Waals surface area contributed by atoms with Crippen molar-refractivity contribution in [3.8, 4) is 17.7 Å². The van der Waals surface area contributed by atoms with Gasteiger partial charge in [-0.1, -0.05) is 12.1 Å². The highest BCUT2D eigenvalue weighted by Gasteiger charge is 2.18. The third kappa shape index (κ3) is 2.58. The van der Waals surface area contributed by atoms with Gasteiger partial charge in [-0.25, -0.2) is 0 Å². The molecule has 94 valence electrons. The van der Waals surface area contributed by atoms with E-state index in [4.69, 9.17) is 15.7 Å². The number of aromatic nitrogens is 1. The van der Waals surface area contributed by atoms with Crippen LogP contribution >= 0.6 is 0 Å². The van der Waals surface area contributed by atoms with Crippen LogP contribution in [0, 0.1) is 21.4 Å². The number of hydrogen-bond donors (Lipinski definition) is 1. The zero-order chi connectivity index (χ0) is 13.8. The molecule has 7 nitrogen and oxygen atoms in total. The molecule has 0 atom stereocenters. The van der Waals surface area contributed by atoms with Gasteiger partial charge in [0.15, 0.2) is 0 Å². The Balaban J connectivity index is 2.46. The summed E-state index contributed by atoms with van der Waals surface area (Å²) in [6, 6.07) is 10.8. The number of nitriles is 1. The molecule has 2 rings (SSSR count). The minimum absolute atomic E-state index is 0.0926. The van der Waals surface area contributed by atoms with Crippen molar-refractivity contribution in [2.24, 2.45) is 0 Å². The summed E-state index contributed by atoms with van der Waals surface area (Å²) in [5, 5.41) is 19.8. The van der Waals surface area contributed by atoms with E-state index in [1.54, 1.807) is 12.1 Å². The fourth-order valence-electron chi connectivity index (χ4n) is 1.41. The molecule has 0 bridgehead atoms. The van der Waals surface area contributed by atoms with Crippen molar-refractivity contribution >= 4 is 11.5 Å². The van der Waals surface area contributed by atoms with Crippen molar-refractivity contribution in [3.05, 3.63) is 52.1 Å². The normalized spacial score (nSPS) is 9.63. The van der Waals surface area contributed by atoms with E-state index in [0.29, 0.717) is 0 Å². The predicted molar refractivity (Wildman–Crippen MR) is 66.5 cm³/mol. The average molecular weight is 256 g/mol. The first kappa shape index (κ1) is 12.3. The van der Waals surface area contributed by atoms with Gasteiger partial charge < -0.3 is 10.5 Å². The highest BCUT2D eigenvalue weighted by molar-refractivity contribution is 5.51. The number of anilines is 1. The SMILES string of the molecule is N#Cc1ccccc1Oc1nc(N)ccc1[N+](=O)[O-]. The van der Waals surface area contributed by atoms with Crippen LogP contribution in [0.15, 0.2) is 36.4 Å². The Morgan fingerprint density at radius 1 is 1.32 bits per heavy atom. The second-order valence-electron chi connectivity index (χ2n) is 3.53. The Bertz CT molecular complexity index is 679. The first-order valence-electron chi connectivity index (χ1n) is 5.19. The summed E-state index contributed by atoms with van der Waals surface area (Å²) < 4.78 is 5.32. The zero-order valence-electron chi connectivity index (χ0n) is 9.61. The van der Waals surface area contributed by atoms with Gasteiger partial charge in [-0.15, -0.1) is 0 Å². The van der Waals surface area contributed by atoms with Crippen LogP contribution in [0.25, 0.3) is 0 Å². The Morgan fingerprint density at radius 3 is 2.74 bits per heavy atom. The van der Waals surface area contributed by atoms with Gasteiger partial charge in [0.1, 0.15) is 17.6 Å². The number of rotatable bonds is 3. The zero-order valence-corrected chi connectivity index (χ0v) is 9.61. The first-order chi connectivity index (χ1) is 9.11. The largest absolute Gasteiger partial charge is 0.432 e. The summed E-state index contributed by atoms with van der Waals surface area (Å²) in [5.41, 5.74) is 5.41. The Labute approximate surface area is 108 Å². The number of hydrogen-bond acceptors (Lipinski definition) is 6. The molecule has 1 heterocycles. The number of nitro groups is 1. The van der Waals surface area contributed by atoms with Crippen LogP contribution in [0.1, 0.15) is 5.56 Å². The monoisotopic (exact) mass is 256 g/mol. The van der Waals surface area contributed by atoms with E-state index < -0.39 is 4.92 Å². The Hall–Kier alpha value is -3.14. The fourth-order valence-corrected chi connectivity index (χ4v) is 1.41. The van der Waals surface area contributed by atoms with Crippen LogP contribution < -0.4 is 10.5 Å². The molecular formula is C12H8N4O3. The second-order valence-corrected chi connectivity index (χ2v) is 3.53. The van der Waals surface area contributed by atoms with Crippen molar-refractivity contribution in [2.45, 2.75) is 0 Å². The van der Waals surface area contributed by atoms with Gasteiger partial charge >= 0.3 is 11.6 Å². The Kier molecular flexibility index (Phi) is 3.25. The molecular weight excluding hydrogens is 248 g/mol. The summed E-state index contributed by atoms with van der Waals surface area (Å²) in [4.78, 5) is 14.0. The maximum atomic E-state index is 10.9.